The highest BCUT2D eigenvalue weighted by Gasteiger charge is 2.21. The zero-order valence-electron chi connectivity index (χ0n) is 18.8. The number of ketones is 1. The van der Waals surface area contributed by atoms with Crippen LogP contribution in [0.1, 0.15) is 33.1 Å². The van der Waals surface area contributed by atoms with Crippen molar-refractivity contribution >= 4 is 5.78 Å². The molecule has 0 heterocycles. The molecule has 4 heteroatoms. The van der Waals surface area contributed by atoms with Gasteiger partial charge in [0.25, 0.3) is 0 Å². The Balaban J connectivity index is 1.32. The molecule has 1 aliphatic carbocycles. The van der Waals surface area contributed by atoms with Gasteiger partial charge in [0.1, 0.15) is 28.8 Å². The Bertz CT molecular complexity index is 1020. The Labute approximate surface area is 190 Å². The first-order valence-corrected chi connectivity index (χ1v) is 11.3. The van der Waals surface area contributed by atoms with Gasteiger partial charge in [0.15, 0.2) is 0 Å². The van der Waals surface area contributed by atoms with E-state index in [0.717, 1.165) is 46.6 Å². The predicted octanol–water partition coefficient (Wildman–Crippen LogP) is 6.93. The Hall–Kier alpha value is -3.27. The fourth-order valence-electron chi connectivity index (χ4n) is 3.51. The maximum absolute atomic E-state index is 11.2. The molecule has 0 bridgehead atoms. The monoisotopic (exact) mass is 430 g/mol. The van der Waals surface area contributed by atoms with Crippen LogP contribution in [0.5, 0.6) is 23.0 Å². The summed E-state index contributed by atoms with van der Waals surface area (Å²) >= 11 is 0. The lowest BCUT2D eigenvalue weighted by Crippen LogP contribution is -2.11. The maximum atomic E-state index is 11.2. The van der Waals surface area contributed by atoms with Gasteiger partial charge in [-0.15, -0.1) is 0 Å². The van der Waals surface area contributed by atoms with E-state index < -0.39 is 0 Å². The van der Waals surface area contributed by atoms with Crippen molar-refractivity contribution in [2.45, 2.75) is 33.1 Å². The number of ether oxygens (including phenoxy) is 3. The molecule has 1 aliphatic rings. The van der Waals surface area contributed by atoms with E-state index in [1.807, 2.05) is 79.7 Å². The lowest BCUT2D eigenvalue weighted by molar-refractivity contribution is -0.118. The molecule has 0 saturated heterocycles. The molecule has 4 rings (SSSR count). The Kier molecular flexibility index (Phi) is 7.10. The molecular weight excluding hydrogens is 400 g/mol. The van der Waals surface area contributed by atoms with Crippen molar-refractivity contribution in [3.05, 3.63) is 72.8 Å². The molecule has 1 fully saturated rings. The third-order valence-electron chi connectivity index (χ3n) is 5.44. The second kappa shape index (κ2) is 10.4. The van der Waals surface area contributed by atoms with Crippen LogP contribution in [0.25, 0.3) is 11.1 Å². The number of rotatable bonds is 11. The van der Waals surface area contributed by atoms with E-state index >= 15 is 0 Å². The van der Waals surface area contributed by atoms with Crippen LogP contribution in [-0.4, -0.2) is 19.0 Å². The van der Waals surface area contributed by atoms with Gasteiger partial charge in [0.05, 0.1) is 13.2 Å². The highest BCUT2D eigenvalue weighted by atomic mass is 16.5. The first-order chi connectivity index (χ1) is 15.5. The van der Waals surface area contributed by atoms with Crippen molar-refractivity contribution in [1.82, 2.24) is 0 Å². The molecule has 0 N–H and O–H groups in total. The summed E-state index contributed by atoms with van der Waals surface area (Å²) in [6.45, 7) is 4.97. The van der Waals surface area contributed by atoms with Gasteiger partial charge in [-0.1, -0.05) is 37.3 Å². The van der Waals surface area contributed by atoms with Crippen LogP contribution in [-0.2, 0) is 4.79 Å². The molecule has 0 aromatic heterocycles. The molecule has 166 valence electrons. The molecule has 3 aromatic rings. The van der Waals surface area contributed by atoms with Crippen molar-refractivity contribution < 1.29 is 19.0 Å². The van der Waals surface area contributed by atoms with E-state index in [1.165, 1.54) is 12.8 Å². The molecule has 32 heavy (non-hydrogen) atoms. The molecular formula is C28H30O4. The van der Waals surface area contributed by atoms with Crippen LogP contribution in [0.4, 0.5) is 0 Å². The SMILES string of the molecule is CC(=O)C[C@@H](C)COc1ccc(-c2ccc(Oc3cccc(OCC4CC4)c3)cc2)cc1. The standard InChI is InChI=1S/C28H30O4/c1-20(16-21(2)29)18-30-25-12-8-23(9-13-25)24-10-14-26(15-11-24)32-28-5-3-4-27(17-28)31-19-22-6-7-22/h3-5,8-15,17,20,22H,6-7,16,18-19H2,1-2H3/t20-/m1/s1. The van der Waals surface area contributed by atoms with Crippen LogP contribution in [0.3, 0.4) is 0 Å². The minimum atomic E-state index is 0.193. The summed E-state index contributed by atoms with van der Waals surface area (Å²) in [6, 6.07) is 23.9. The molecule has 0 radical (unpaired) electrons. The molecule has 1 atom stereocenters. The third kappa shape index (κ3) is 6.61. The summed E-state index contributed by atoms with van der Waals surface area (Å²) < 4.78 is 17.7. The number of hydrogen-bond acceptors (Lipinski definition) is 4. The highest BCUT2D eigenvalue weighted by molar-refractivity contribution is 5.75. The summed E-state index contributed by atoms with van der Waals surface area (Å²) in [7, 11) is 0. The summed E-state index contributed by atoms with van der Waals surface area (Å²) in [5.41, 5.74) is 2.21. The number of Topliss-reactive ketones (excluding diaryl/α,β-unsaturated/α-hetero) is 1. The molecule has 0 aliphatic heterocycles. The van der Waals surface area contributed by atoms with Gasteiger partial charge >= 0.3 is 0 Å². The number of benzene rings is 3. The normalized spacial score (nSPS) is 13.9. The van der Waals surface area contributed by atoms with Crippen molar-refractivity contribution in [1.29, 1.82) is 0 Å². The summed E-state index contributed by atoms with van der Waals surface area (Å²) in [6.07, 6.45) is 3.10. The maximum Gasteiger partial charge on any atom is 0.131 e. The number of carbonyl (C=O) groups is 1. The van der Waals surface area contributed by atoms with Gasteiger partial charge < -0.3 is 19.0 Å². The van der Waals surface area contributed by atoms with E-state index in [-0.39, 0.29) is 11.7 Å². The van der Waals surface area contributed by atoms with Crippen LogP contribution in [0.15, 0.2) is 72.8 Å². The van der Waals surface area contributed by atoms with Crippen LogP contribution < -0.4 is 14.2 Å². The highest BCUT2D eigenvalue weighted by Crippen LogP contribution is 2.31. The first-order valence-electron chi connectivity index (χ1n) is 11.3. The topological polar surface area (TPSA) is 44.8 Å². The van der Waals surface area contributed by atoms with Gasteiger partial charge in [-0.3, -0.25) is 0 Å². The predicted molar refractivity (Wildman–Crippen MR) is 127 cm³/mol. The second-order valence-corrected chi connectivity index (χ2v) is 8.70. The van der Waals surface area contributed by atoms with E-state index in [0.29, 0.717) is 13.0 Å². The minimum absolute atomic E-state index is 0.193. The fraction of sp³-hybridized carbons (Fsp3) is 0.321. The number of hydrogen-bond donors (Lipinski definition) is 0. The summed E-state index contributed by atoms with van der Waals surface area (Å²) in [5.74, 6) is 4.35. The van der Waals surface area contributed by atoms with Gasteiger partial charge in [0.2, 0.25) is 0 Å². The minimum Gasteiger partial charge on any atom is -0.493 e. The van der Waals surface area contributed by atoms with E-state index in [1.54, 1.807) is 6.92 Å². The van der Waals surface area contributed by atoms with Gasteiger partial charge in [-0.25, -0.2) is 0 Å². The average Bonchev–Trinajstić information content (AvgIpc) is 3.62. The zero-order valence-corrected chi connectivity index (χ0v) is 18.8. The van der Waals surface area contributed by atoms with Crippen LogP contribution >= 0.6 is 0 Å². The fourth-order valence-corrected chi connectivity index (χ4v) is 3.51. The Morgan fingerprint density at radius 3 is 2.09 bits per heavy atom. The van der Waals surface area contributed by atoms with E-state index in [4.69, 9.17) is 14.2 Å². The summed E-state index contributed by atoms with van der Waals surface area (Å²) in [4.78, 5) is 11.2. The molecule has 3 aromatic carbocycles. The quantitative estimate of drug-likeness (QED) is 0.331. The molecule has 0 unspecified atom stereocenters. The Morgan fingerprint density at radius 2 is 1.47 bits per heavy atom. The lowest BCUT2D eigenvalue weighted by atomic mass is 10.1. The van der Waals surface area contributed by atoms with Crippen molar-refractivity contribution in [2.24, 2.45) is 11.8 Å². The summed E-state index contributed by atoms with van der Waals surface area (Å²) in [5, 5.41) is 0. The van der Waals surface area contributed by atoms with Gasteiger partial charge in [-0.2, -0.15) is 0 Å². The van der Waals surface area contributed by atoms with Gasteiger partial charge in [-0.05, 0) is 79.1 Å². The van der Waals surface area contributed by atoms with Crippen LogP contribution in [0, 0.1) is 11.8 Å². The smallest absolute Gasteiger partial charge is 0.131 e. The van der Waals surface area contributed by atoms with Crippen LogP contribution in [0.2, 0.25) is 0 Å². The Morgan fingerprint density at radius 1 is 0.844 bits per heavy atom. The zero-order chi connectivity index (χ0) is 22.3. The molecule has 1 saturated carbocycles. The second-order valence-electron chi connectivity index (χ2n) is 8.70. The van der Waals surface area contributed by atoms with E-state index in [2.05, 4.69) is 0 Å². The van der Waals surface area contributed by atoms with Gasteiger partial charge in [0, 0.05) is 12.5 Å². The average molecular weight is 431 g/mol. The van der Waals surface area contributed by atoms with Crippen molar-refractivity contribution in [2.75, 3.05) is 13.2 Å². The third-order valence-corrected chi connectivity index (χ3v) is 5.44. The largest absolute Gasteiger partial charge is 0.493 e. The van der Waals surface area contributed by atoms with Crippen molar-refractivity contribution in [3.63, 3.8) is 0 Å². The molecule has 0 spiro atoms. The van der Waals surface area contributed by atoms with Crippen molar-refractivity contribution in [3.8, 4) is 34.1 Å². The molecule has 0 amide bonds. The first kappa shape index (κ1) is 21.9. The van der Waals surface area contributed by atoms with E-state index in [9.17, 15) is 4.79 Å². The number of carbonyl (C=O) groups excluding carboxylic acids is 1. The lowest BCUT2D eigenvalue weighted by Gasteiger charge is -2.12. The molecule has 4 nitrogen and oxygen atoms in total.